The highest BCUT2D eigenvalue weighted by atomic mass is 16.2. The van der Waals surface area contributed by atoms with Crippen LogP contribution in [0.15, 0.2) is 23.3 Å². The molecule has 5 heteroatoms. The van der Waals surface area contributed by atoms with Crippen LogP contribution in [0.3, 0.4) is 0 Å². The summed E-state index contributed by atoms with van der Waals surface area (Å²) in [6.45, 7) is 3.46. The number of nitrogens with zero attached hydrogens (tertiary/aromatic N) is 4. The molecule has 0 aliphatic carbocycles. The van der Waals surface area contributed by atoms with E-state index in [0.29, 0.717) is 11.3 Å². The van der Waals surface area contributed by atoms with Crippen molar-refractivity contribution in [2.75, 3.05) is 13.1 Å². The molecule has 1 aromatic carbocycles. The lowest BCUT2D eigenvalue weighted by Crippen LogP contribution is -2.28. The quantitative estimate of drug-likeness (QED) is 0.437. The predicted molar refractivity (Wildman–Crippen MR) is 65.1 cm³/mol. The highest BCUT2D eigenvalue weighted by Crippen LogP contribution is 2.24. The molecule has 1 aliphatic rings. The Kier molecular flexibility index (Phi) is 3.30. The first-order valence-corrected chi connectivity index (χ1v) is 5.68. The number of likely N-dealkylation sites (tertiary alicyclic amines) is 1. The van der Waals surface area contributed by atoms with Gasteiger partial charge in [-0.3, -0.25) is 4.79 Å². The number of azide groups is 1. The molecular weight excluding hydrogens is 216 g/mol. The predicted octanol–water partition coefficient (Wildman–Crippen LogP) is 3.17. The molecule has 2 rings (SSSR count). The number of hydrogen-bond donors (Lipinski definition) is 0. The Morgan fingerprint density at radius 3 is 2.76 bits per heavy atom. The molecular formula is C12H14N4O. The van der Waals surface area contributed by atoms with Gasteiger partial charge in [-0.1, -0.05) is 17.2 Å². The standard InChI is InChI=1S/C12H14N4O/c1-9-10(5-4-6-11(9)14-15-13)12(17)16-7-2-3-8-16/h4-6H,2-3,7-8H2,1H3. The van der Waals surface area contributed by atoms with Crippen LogP contribution in [0.5, 0.6) is 0 Å². The zero-order valence-corrected chi connectivity index (χ0v) is 9.76. The van der Waals surface area contributed by atoms with Crippen LogP contribution in [0.1, 0.15) is 28.8 Å². The molecule has 0 unspecified atom stereocenters. The Bertz CT molecular complexity index is 485. The molecule has 0 bridgehead atoms. The van der Waals surface area contributed by atoms with Gasteiger partial charge in [-0.15, -0.1) is 0 Å². The van der Waals surface area contributed by atoms with E-state index in [-0.39, 0.29) is 5.91 Å². The van der Waals surface area contributed by atoms with E-state index in [9.17, 15) is 4.79 Å². The fourth-order valence-electron chi connectivity index (χ4n) is 2.10. The number of amides is 1. The van der Waals surface area contributed by atoms with Crippen molar-refractivity contribution in [1.29, 1.82) is 0 Å². The zero-order chi connectivity index (χ0) is 12.3. The summed E-state index contributed by atoms with van der Waals surface area (Å²) in [4.78, 5) is 16.8. The first-order chi connectivity index (χ1) is 8.24. The third-order valence-electron chi connectivity index (χ3n) is 3.08. The maximum absolute atomic E-state index is 12.2. The molecule has 1 amide bonds. The Hall–Kier alpha value is -2.00. The zero-order valence-electron chi connectivity index (χ0n) is 9.76. The SMILES string of the molecule is Cc1c(N=[N+]=[N-])cccc1C(=O)N1CCCC1. The van der Waals surface area contributed by atoms with E-state index in [0.717, 1.165) is 31.5 Å². The van der Waals surface area contributed by atoms with Crippen molar-refractivity contribution in [3.63, 3.8) is 0 Å². The smallest absolute Gasteiger partial charge is 0.254 e. The fraction of sp³-hybridized carbons (Fsp3) is 0.417. The summed E-state index contributed by atoms with van der Waals surface area (Å²) < 4.78 is 0. The van der Waals surface area contributed by atoms with Crippen LogP contribution < -0.4 is 0 Å². The molecule has 1 aliphatic heterocycles. The van der Waals surface area contributed by atoms with E-state index >= 15 is 0 Å². The summed E-state index contributed by atoms with van der Waals surface area (Å²) in [7, 11) is 0. The summed E-state index contributed by atoms with van der Waals surface area (Å²) in [5, 5.41) is 3.59. The van der Waals surface area contributed by atoms with Crippen LogP contribution in [0, 0.1) is 6.92 Å². The molecule has 5 nitrogen and oxygen atoms in total. The van der Waals surface area contributed by atoms with Crippen LogP contribution in [0.4, 0.5) is 5.69 Å². The van der Waals surface area contributed by atoms with Crippen molar-refractivity contribution < 1.29 is 4.79 Å². The molecule has 1 saturated heterocycles. The Labute approximate surface area is 99.7 Å². The molecule has 88 valence electrons. The molecule has 1 fully saturated rings. The van der Waals surface area contributed by atoms with E-state index in [1.54, 1.807) is 18.2 Å². The maximum Gasteiger partial charge on any atom is 0.254 e. The minimum Gasteiger partial charge on any atom is -0.339 e. The molecule has 0 saturated carbocycles. The van der Waals surface area contributed by atoms with Gasteiger partial charge in [0.1, 0.15) is 0 Å². The van der Waals surface area contributed by atoms with Crippen LogP contribution in [0.2, 0.25) is 0 Å². The number of rotatable bonds is 2. The number of benzene rings is 1. The third kappa shape index (κ3) is 2.24. The van der Waals surface area contributed by atoms with Gasteiger partial charge in [-0.25, -0.2) is 0 Å². The van der Waals surface area contributed by atoms with Crippen molar-refractivity contribution in [3.8, 4) is 0 Å². The lowest BCUT2D eigenvalue weighted by molar-refractivity contribution is 0.0792. The fourth-order valence-corrected chi connectivity index (χ4v) is 2.10. The summed E-state index contributed by atoms with van der Waals surface area (Å²) in [6.07, 6.45) is 2.14. The molecule has 0 atom stereocenters. The Morgan fingerprint density at radius 2 is 2.12 bits per heavy atom. The lowest BCUT2D eigenvalue weighted by Gasteiger charge is -2.17. The Morgan fingerprint density at radius 1 is 1.41 bits per heavy atom. The van der Waals surface area contributed by atoms with Crippen LogP contribution in [0.25, 0.3) is 10.4 Å². The third-order valence-corrected chi connectivity index (χ3v) is 3.08. The van der Waals surface area contributed by atoms with Crippen LogP contribution in [-0.2, 0) is 0 Å². The van der Waals surface area contributed by atoms with Crippen molar-refractivity contribution in [3.05, 3.63) is 39.8 Å². The largest absolute Gasteiger partial charge is 0.339 e. The first-order valence-electron chi connectivity index (χ1n) is 5.68. The van der Waals surface area contributed by atoms with Gasteiger partial charge in [0.25, 0.3) is 5.91 Å². The van der Waals surface area contributed by atoms with E-state index in [4.69, 9.17) is 5.53 Å². The number of hydrogen-bond acceptors (Lipinski definition) is 2. The molecule has 0 N–H and O–H groups in total. The minimum absolute atomic E-state index is 0.0370. The van der Waals surface area contributed by atoms with Gasteiger partial charge >= 0.3 is 0 Å². The van der Waals surface area contributed by atoms with Crippen LogP contribution in [-0.4, -0.2) is 23.9 Å². The molecule has 0 spiro atoms. The normalized spacial score (nSPS) is 14.5. The average molecular weight is 230 g/mol. The highest BCUT2D eigenvalue weighted by molar-refractivity contribution is 5.97. The van der Waals surface area contributed by atoms with Gasteiger partial charge < -0.3 is 4.90 Å². The Balaban J connectivity index is 2.34. The number of carbonyl (C=O) groups excluding carboxylic acids is 1. The van der Waals surface area contributed by atoms with Gasteiger partial charge in [-0.05, 0) is 36.9 Å². The minimum atomic E-state index is 0.0370. The van der Waals surface area contributed by atoms with Crippen molar-refractivity contribution in [2.24, 2.45) is 5.11 Å². The van der Waals surface area contributed by atoms with Crippen molar-refractivity contribution in [1.82, 2.24) is 4.90 Å². The van der Waals surface area contributed by atoms with Gasteiger partial charge in [0, 0.05) is 29.3 Å². The van der Waals surface area contributed by atoms with Crippen molar-refractivity contribution in [2.45, 2.75) is 19.8 Å². The molecule has 0 aromatic heterocycles. The molecule has 0 radical (unpaired) electrons. The van der Waals surface area contributed by atoms with E-state index < -0.39 is 0 Å². The van der Waals surface area contributed by atoms with E-state index in [1.807, 2.05) is 11.8 Å². The topological polar surface area (TPSA) is 69.1 Å². The monoisotopic (exact) mass is 230 g/mol. The summed E-state index contributed by atoms with van der Waals surface area (Å²) in [5.41, 5.74) is 10.4. The van der Waals surface area contributed by atoms with E-state index in [1.165, 1.54) is 0 Å². The maximum atomic E-state index is 12.2. The highest BCUT2D eigenvalue weighted by Gasteiger charge is 2.21. The van der Waals surface area contributed by atoms with Gasteiger partial charge in [-0.2, -0.15) is 0 Å². The van der Waals surface area contributed by atoms with Gasteiger partial charge in [0.2, 0.25) is 0 Å². The lowest BCUT2D eigenvalue weighted by atomic mass is 10.1. The summed E-state index contributed by atoms with van der Waals surface area (Å²) >= 11 is 0. The van der Waals surface area contributed by atoms with Gasteiger partial charge in [0.05, 0.1) is 0 Å². The summed E-state index contributed by atoms with van der Waals surface area (Å²) in [5.74, 6) is 0.0370. The van der Waals surface area contributed by atoms with Gasteiger partial charge in [0.15, 0.2) is 0 Å². The average Bonchev–Trinajstić information content (AvgIpc) is 2.85. The number of carbonyl (C=O) groups is 1. The molecule has 17 heavy (non-hydrogen) atoms. The second-order valence-electron chi connectivity index (χ2n) is 4.14. The first kappa shape index (κ1) is 11.5. The second kappa shape index (κ2) is 4.89. The summed E-state index contributed by atoms with van der Waals surface area (Å²) in [6, 6.07) is 5.25. The van der Waals surface area contributed by atoms with Crippen molar-refractivity contribution >= 4 is 11.6 Å². The molecule has 1 heterocycles. The molecule has 1 aromatic rings. The van der Waals surface area contributed by atoms with Crippen LogP contribution >= 0.6 is 0 Å². The second-order valence-corrected chi connectivity index (χ2v) is 4.14. The van der Waals surface area contributed by atoms with E-state index in [2.05, 4.69) is 10.0 Å².